The molecule has 0 unspecified atom stereocenters. The topological polar surface area (TPSA) is 72.9 Å². The first-order valence-corrected chi connectivity index (χ1v) is 7.27. The molecule has 0 aromatic carbocycles. The highest BCUT2D eigenvalue weighted by Crippen LogP contribution is 2.23. The average Bonchev–Trinajstić information content (AvgIpc) is 3.06. The Bertz CT molecular complexity index is 602. The molecule has 0 radical (unpaired) electrons. The van der Waals surface area contributed by atoms with Crippen molar-refractivity contribution in [1.82, 2.24) is 15.0 Å². The lowest BCUT2D eigenvalue weighted by Gasteiger charge is -2.14. The van der Waals surface area contributed by atoms with E-state index in [1.54, 1.807) is 0 Å². The van der Waals surface area contributed by atoms with E-state index in [-0.39, 0.29) is 5.91 Å². The second kappa shape index (κ2) is 5.14. The number of nitrogens with zero attached hydrogens (tertiary/aromatic N) is 2. The molecule has 0 aliphatic heterocycles. The van der Waals surface area contributed by atoms with E-state index in [1.807, 2.05) is 17.8 Å². The van der Waals surface area contributed by atoms with Gasteiger partial charge in [0, 0.05) is 5.69 Å². The van der Waals surface area contributed by atoms with Crippen LogP contribution in [0.3, 0.4) is 0 Å². The average molecular weight is 276 g/mol. The second-order valence-corrected chi connectivity index (χ2v) is 5.64. The summed E-state index contributed by atoms with van der Waals surface area (Å²) in [5.41, 5.74) is 5.73. The van der Waals surface area contributed by atoms with Crippen LogP contribution in [0.4, 0.5) is 0 Å². The molecule has 1 aliphatic carbocycles. The number of aryl methyl sites for hydroxylation is 1. The largest absolute Gasteiger partial charge is 0.330 e. The number of amides is 1. The van der Waals surface area contributed by atoms with Crippen LogP contribution in [0.1, 0.15) is 39.5 Å². The van der Waals surface area contributed by atoms with Crippen molar-refractivity contribution in [2.45, 2.75) is 32.2 Å². The van der Waals surface area contributed by atoms with E-state index >= 15 is 0 Å². The van der Waals surface area contributed by atoms with Crippen molar-refractivity contribution in [3.05, 3.63) is 39.6 Å². The Morgan fingerprint density at radius 1 is 1.47 bits per heavy atom. The zero-order valence-electron chi connectivity index (χ0n) is 10.6. The molecule has 19 heavy (non-hydrogen) atoms. The quantitative estimate of drug-likeness (QED) is 0.506. The predicted octanol–water partition coefficient (Wildman–Crippen LogP) is 1.48. The number of carbonyl (C=O) groups excluding carboxylic acids is 1. The molecule has 3 rings (SSSR count). The number of fused-ring (bicyclic) bond motifs is 1. The van der Waals surface area contributed by atoms with Crippen LogP contribution < -0.4 is 11.3 Å². The third-order valence-corrected chi connectivity index (χ3v) is 4.49. The van der Waals surface area contributed by atoms with Gasteiger partial charge in [-0.25, -0.2) is 10.8 Å². The molecule has 5 nitrogen and oxygen atoms in total. The van der Waals surface area contributed by atoms with Gasteiger partial charge < -0.3 is 4.57 Å². The second-order valence-electron chi connectivity index (χ2n) is 4.72. The highest BCUT2D eigenvalue weighted by atomic mass is 32.1. The van der Waals surface area contributed by atoms with E-state index in [2.05, 4.69) is 15.0 Å². The molecule has 100 valence electrons. The van der Waals surface area contributed by atoms with Gasteiger partial charge in [0.25, 0.3) is 5.91 Å². The minimum absolute atomic E-state index is 0.223. The number of nitrogens with one attached hydrogen (secondary N) is 1. The molecule has 0 atom stereocenters. The van der Waals surface area contributed by atoms with Gasteiger partial charge in [-0.2, -0.15) is 0 Å². The van der Waals surface area contributed by atoms with Gasteiger partial charge in [-0.1, -0.05) is 0 Å². The maximum Gasteiger partial charge on any atom is 0.275 e. The zero-order chi connectivity index (χ0) is 13.2. The molecule has 1 aliphatic rings. The van der Waals surface area contributed by atoms with Gasteiger partial charge in [0.1, 0.15) is 0 Å². The summed E-state index contributed by atoms with van der Waals surface area (Å²) in [6.45, 7) is 0.689. The maximum atomic E-state index is 11.7. The minimum atomic E-state index is -0.223. The number of nitrogens with two attached hydrogens (primary N) is 1. The van der Waals surface area contributed by atoms with Crippen LogP contribution in [0.25, 0.3) is 0 Å². The first-order valence-electron chi connectivity index (χ1n) is 6.40. The van der Waals surface area contributed by atoms with Crippen molar-refractivity contribution in [1.29, 1.82) is 0 Å². The van der Waals surface area contributed by atoms with E-state index in [9.17, 15) is 4.79 Å². The molecule has 0 saturated carbocycles. The Morgan fingerprint density at radius 3 is 3.16 bits per heavy atom. The molecule has 0 fully saturated rings. The highest BCUT2D eigenvalue weighted by molar-refractivity contribution is 7.12. The van der Waals surface area contributed by atoms with Crippen LogP contribution in [-0.2, 0) is 19.4 Å². The van der Waals surface area contributed by atoms with Gasteiger partial charge in [-0.15, -0.1) is 11.3 Å². The molecule has 2 aromatic heterocycles. The van der Waals surface area contributed by atoms with Gasteiger partial charge in [0.15, 0.2) is 0 Å². The van der Waals surface area contributed by atoms with Crippen LogP contribution in [-0.4, -0.2) is 15.5 Å². The third kappa shape index (κ3) is 2.29. The number of thiophene rings is 1. The number of rotatable bonds is 3. The fraction of sp³-hybridized carbons (Fsp3) is 0.385. The lowest BCUT2D eigenvalue weighted by Crippen LogP contribution is -2.30. The Morgan fingerprint density at radius 2 is 2.32 bits per heavy atom. The summed E-state index contributed by atoms with van der Waals surface area (Å²) >= 11 is 1.42. The molecule has 0 bridgehead atoms. The van der Waals surface area contributed by atoms with Crippen LogP contribution in [0, 0.1) is 0 Å². The first-order chi connectivity index (χ1) is 9.29. The number of hydrogen-bond acceptors (Lipinski definition) is 4. The van der Waals surface area contributed by atoms with E-state index in [0.29, 0.717) is 11.4 Å². The van der Waals surface area contributed by atoms with Crippen molar-refractivity contribution in [2.75, 3.05) is 0 Å². The number of nitrogen functional groups attached to an aromatic ring is 1. The summed E-state index contributed by atoms with van der Waals surface area (Å²) in [6, 6.07) is 1.98. The fourth-order valence-electron chi connectivity index (χ4n) is 2.58. The summed E-state index contributed by atoms with van der Waals surface area (Å²) in [6.07, 6.45) is 6.49. The number of imidazole rings is 1. The van der Waals surface area contributed by atoms with Crippen LogP contribution >= 0.6 is 11.3 Å². The Balaban J connectivity index is 1.88. The fourth-order valence-corrected chi connectivity index (χ4v) is 3.39. The summed E-state index contributed by atoms with van der Waals surface area (Å²) < 4.78 is 2.16. The van der Waals surface area contributed by atoms with Crippen molar-refractivity contribution in [3.63, 3.8) is 0 Å². The molecule has 2 heterocycles. The van der Waals surface area contributed by atoms with Crippen LogP contribution in [0.2, 0.25) is 0 Å². The number of carbonyl (C=O) groups is 1. The minimum Gasteiger partial charge on any atom is -0.330 e. The summed E-state index contributed by atoms with van der Waals surface area (Å²) in [5, 5.41) is 1.92. The third-order valence-electron chi connectivity index (χ3n) is 3.53. The summed E-state index contributed by atoms with van der Waals surface area (Å²) in [4.78, 5) is 16.8. The van der Waals surface area contributed by atoms with Gasteiger partial charge in [0.2, 0.25) is 0 Å². The molecule has 0 spiro atoms. The SMILES string of the molecule is NNC(=O)c1sccc1Cn1cnc2c1CCCC2. The summed E-state index contributed by atoms with van der Waals surface area (Å²) in [5.74, 6) is 4.98. The van der Waals surface area contributed by atoms with E-state index < -0.39 is 0 Å². The predicted molar refractivity (Wildman–Crippen MR) is 73.9 cm³/mol. The molecule has 0 saturated heterocycles. The van der Waals surface area contributed by atoms with Crippen molar-refractivity contribution in [3.8, 4) is 0 Å². The van der Waals surface area contributed by atoms with E-state index in [0.717, 1.165) is 18.4 Å². The van der Waals surface area contributed by atoms with Gasteiger partial charge in [-0.3, -0.25) is 10.2 Å². The Kier molecular flexibility index (Phi) is 3.35. The van der Waals surface area contributed by atoms with Gasteiger partial charge in [0.05, 0.1) is 23.4 Å². The molecular weight excluding hydrogens is 260 g/mol. The lowest BCUT2D eigenvalue weighted by atomic mass is 10.0. The first kappa shape index (κ1) is 12.4. The van der Waals surface area contributed by atoms with E-state index in [4.69, 9.17) is 5.84 Å². The number of aromatic nitrogens is 2. The van der Waals surface area contributed by atoms with Crippen LogP contribution in [0.15, 0.2) is 17.8 Å². The summed E-state index contributed by atoms with van der Waals surface area (Å²) in [7, 11) is 0. The molecule has 1 amide bonds. The molecular formula is C13H16N4OS. The van der Waals surface area contributed by atoms with Crippen molar-refractivity contribution in [2.24, 2.45) is 5.84 Å². The van der Waals surface area contributed by atoms with E-state index in [1.165, 1.54) is 35.6 Å². The smallest absolute Gasteiger partial charge is 0.275 e. The Hall–Kier alpha value is -1.66. The van der Waals surface area contributed by atoms with Crippen molar-refractivity contribution < 1.29 is 4.79 Å². The molecule has 3 N–H and O–H groups in total. The molecule has 6 heteroatoms. The van der Waals surface area contributed by atoms with Crippen molar-refractivity contribution >= 4 is 17.2 Å². The van der Waals surface area contributed by atoms with Gasteiger partial charge >= 0.3 is 0 Å². The standard InChI is InChI=1S/C13H16N4OS/c14-16-13(18)12-9(5-6-19-12)7-17-8-15-10-3-1-2-4-11(10)17/h5-6,8H,1-4,7,14H2,(H,16,18). The zero-order valence-corrected chi connectivity index (χ0v) is 11.4. The highest BCUT2D eigenvalue weighted by Gasteiger charge is 2.17. The monoisotopic (exact) mass is 276 g/mol. The number of hydrazine groups is 1. The lowest BCUT2D eigenvalue weighted by molar-refractivity contribution is 0.0957. The maximum absolute atomic E-state index is 11.7. The number of hydrogen-bond donors (Lipinski definition) is 2. The van der Waals surface area contributed by atoms with Gasteiger partial charge in [-0.05, 0) is 42.7 Å². The normalized spacial score (nSPS) is 14.2. The van der Waals surface area contributed by atoms with Crippen LogP contribution in [0.5, 0.6) is 0 Å². The Labute approximate surface area is 115 Å². The molecule has 2 aromatic rings.